The fourth-order valence-electron chi connectivity index (χ4n) is 3.06. The third-order valence-corrected chi connectivity index (χ3v) is 6.15. The van der Waals surface area contributed by atoms with Crippen molar-refractivity contribution in [1.82, 2.24) is 30.0 Å². The van der Waals surface area contributed by atoms with Crippen LogP contribution in [0.3, 0.4) is 0 Å². The van der Waals surface area contributed by atoms with Crippen molar-refractivity contribution in [2.75, 3.05) is 27.3 Å². The van der Waals surface area contributed by atoms with Gasteiger partial charge >= 0.3 is 0 Å². The molecule has 1 fully saturated rings. The topological polar surface area (TPSA) is 89.7 Å². The Balaban J connectivity index is 0.00000320. The standard InChI is InChI=1S/C19H31N7O2S.HI/c1-13(27-5)18-22-15(12-29-18)11-25(3)19(20-9-16-7-6-8-28-16)21-10-17-24-23-14(2)26(17)4;/h12-13,16H,6-11H2,1-5H3,(H,20,21);1H. The van der Waals surface area contributed by atoms with Crippen molar-refractivity contribution in [1.29, 1.82) is 0 Å². The molecule has 1 aliphatic rings. The van der Waals surface area contributed by atoms with Gasteiger partial charge in [0.05, 0.1) is 18.3 Å². The number of thiazole rings is 1. The maximum absolute atomic E-state index is 5.74. The van der Waals surface area contributed by atoms with Crippen LogP contribution < -0.4 is 5.32 Å². The molecule has 168 valence electrons. The molecule has 2 aromatic heterocycles. The zero-order valence-electron chi connectivity index (χ0n) is 18.3. The van der Waals surface area contributed by atoms with Crippen molar-refractivity contribution in [2.45, 2.75) is 52.0 Å². The number of nitrogens with one attached hydrogen (secondary N) is 1. The van der Waals surface area contributed by atoms with Crippen LogP contribution in [0.2, 0.25) is 0 Å². The average Bonchev–Trinajstić information content (AvgIpc) is 3.46. The summed E-state index contributed by atoms with van der Waals surface area (Å²) in [5.41, 5.74) is 0.998. The Morgan fingerprint density at radius 1 is 1.50 bits per heavy atom. The van der Waals surface area contributed by atoms with Gasteiger partial charge in [-0.15, -0.1) is 45.5 Å². The second-order valence-corrected chi connectivity index (χ2v) is 8.18. The second kappa shape index (κ2) is 11.9. The molecule has 3 heterocycles. The Labute approximate surface area is 199 Å². The quantitative estimate of drug-likeness (QED) is 0.308. The molecule has 0 aliphatic carbocycles. The predicted octanol–water partition coefficient (Wildman–Crippen LogP) is 2.66. The van der Waals surface area contributed by atoms with Crippen LogP contribution in [0.15, 0.2) is 10.4 Å². The van der Waals surface area contributed by atoms with Crippen molar-refractivity contribution in [3.63, 3.8) is 0 Å². The molecule has 0 aromatic carbocycles. The van der Waals surface area contributed by atoms with E-state index in [9.17, 15) is 0 Å². The van der Waals surface area contributed by atoms with Crippen LogP contribution in [-0.4, -0.2) is 64.0 Å². The van der Waals surface area contributed by atoms with E-state index in [4.69, 9.17) is 19.5 Å². The first-order chi connectivity index (χ1) is 14.0. The summed E-state index contributed by atoms with van der Waals surface area (Å²) in [4.78, 5) is 11.6. The van der Waals surface area contributed by atoms with Crippen molar-refractivity contribution in [3.05, 3.63) is 27.7 Å². The van der Waals surface area contributed by atoms with Gasteiger partial charge in [-0.2, -0.15) is 0 Å². The second-order valence-electron chi connectivity index (χ2n) is 7.29. The lowest BCUT2D eigenvalue weighted by Crippen LogP contribution is -2.42. The smallest absolute Gasteiger partial charge is 0.194 e. The van der Waals surface area contributed by atoms with E-state index in [1.54, 1.807) is 18.4 Å². The van der Waals surface area contributed by atoms with E-state index in [-0.39, 0.29) is 36.2 Å². The number of hydrogen-bond acceptors (Lipinski definition) is 7. The van der Waals surface area contributed by atoms with Crippen LogP contribution in [0.25, 0.3) is 0 Å². The van der Waals surface area contributed by atoms with Gasteiger partial charge in [0.2, 0.25) is 0 Å². The summed E-state index contributed by atoms with van der Waals surface area (Å²) in [6.45, 7) is 6.63. The third kappa shape index (κ3) is 6.59. The van der Waals surface area contributed by atoms with E-state index >= 15 is 0 Å². The number of nitrogens with zero attached hydrogens (tertiary/aromatic N) is 6. The lowest BCUT2D eigenvalue weighted by atomic mass is 10.2. The molecule has 0 bridgehead atoms. The maximum atomic E-state index is 5.74. The Morgan fingerprint density at radius 2 is 2.30 bits per heavy atom. The van der Waals surface area contributed by atoms with E-state index in [1.165, 1.54) is 0 Å². The number of guanidine groups is 1. The van der Waals surface area contributed by atoms with Gasteiger partial charge < -0.3 is 24.3 Å². The molecule has 1 N–H and O–H groups in total. The molecular weight excluding hydrogens is 517 g/mol. The van der Waals surface area contributed by atoms with Crippen LogP contribution in [0.1, 0.15) is 48.2 Å². The normalized spacial score (nSPS) is 17.6. The lowest BCUT2D eigenvalue weighted by Gasteiger charge is -2.23. The minimum Gasteiger partial charge on any atom is -0.376 e. The Morgan fingerprint density at radius 3 is 2.93 bits per heavy atom. The van der Waals surface area contributed by atoms with E-state index in [0.29, 0.717) is 13.1 Å². The van der Waals surface area contributed by atoms with Gasteiger partial charge in [-0.25, -0.2) is 9.98 Å². The molecule has 2 atom stereocenters. The summed E-state index contributed by atoms with van der Waals surface area (Å²) in [6.07, 6.45) is 2.44. The number of halogens is 1. The average molecular weight is 549 g/mol. The third-order valence-electron chi connectivity index (χ3n) is 5.10. The lowest BCUT2D eigenvalue weighted by molar-refractivity contribution is 0.113. The van der Waals surface area contributed by atoms with Crippen molar-refractivity contribution < 1.29 is 9.47 Å². The Bertz CT molecular complexity index is 820. The Hall–Kier alpha value is -1.31. The van der Waals surface area contributed by atoms with Crippen LogP contribution in [-0.2, 0) is 29.6 Å². The number of rotatable bonds is 8. The highest BCUT2D eigenvalue weighted by Crippen LogP contribution is 2.21. The van der Waals surface area contributed by atoms with Gasteiger partial charge in [-0.3, -0.25) is 0 Å². The molecular formula is C19H32IN7O2S. The SMILES string of the molecule is COC(C)c1nc(CN(C)C(=NCc2nnc(C)n2C)NCC2CCCO2)cs1.I. The number of aliphatic imine (C=N–C) groups is 1. The molecule has 0 saturated carbocycles. The summed E-state index contributed by atoms with van der Waals surface area (Å²) >= 11 is 1.62. The van der Waals surface area contributed by atoms with E-state index in [0.717, 1.165) is 54.3 Å². The number of ether oxygens (including phenoxy) is 2. The number of aryl methyl sites for hydroxylation is 1. The summed E-state index contributed by atoms with van der Waals surface area (Å²) in [6, 6.07) is 0. The molecule has 0 radical (unpaired) electrons. The molecule has 0 spiro atoms. The predicted molar refractivity (Wildman–Crippen MR) is 128 cm³/mol. The molecule has 0 amide bonds. The highest BCUT2D eigenvalue weighted by molar-refractivity contribution is 14.0. The first-order valence-corrected chi connectivity index (χ1v) is 10.8. The van der Waals surface area contributed by atoms with Gasteiger partial charge in [-0.05, 0) is 26.7 Å². The maximum Gasteiger partial charge on any atom is 0.194 e. The van der Waals surface area contributed by atoms with Crippen molar-refractivity contribution in [2.24, 2.45) is 12.0 Å². The van der Waals surface area contributed by atoms with Crippen LogP contribution in [0, 0.1) is 6.92 Å². The van der Waals surface area contributed by atoms with Gasteiger partial charge in [0.25, 0.3) is 0 Å². The van der Waals surface area contributed by atoms with Gasteiger partial charge in [0.15, 0.2) is 11.8 Å². The molecule has 9 nitrogen and oxygen atoms in total. The molecule has 2 unspecified atom stereocenters. The fraction of sp³-hybridized carbons (Fsp3) is 0.684. The fourth-order valence-corrected chi connectivity index (χ4v) is 3.90. The summed E-state index contributed by atoms with van der Waals surface area (Å²) in [5, 5.41) is 14.8. The van der Waals surface area contributed by atoms with E-state index in [1.807, 2.05) is 32.5 Å². The van der Waals surface area contributed by atoms with Crippen molar-refractivity contribution in [3.8, 4) is 0 Å². The molecule has 30 heavy (non-hydrogen) atoms. The zero-order valence-corrected chi connectivity index (χ0v) is 21.4. The molecule has 3 rings (SSSR count). The molecule has 2 aromatic rings. The first-order valence-electron chi connectivity index (χ1n) is 9.91. The van der Waals surface area contributed by atoms with Gasteiger partial charge in [-0.1, -0.05) is 0 Å². The first kappa shape index (κ1) is 25.0. The van der Waals surface area contributed by atoms with Crippen LogP contribution in [0.4, 0.5) is 0 Å². The summed E-state index contributed by atoms with van der Waals surface area (Å²) in [5.74, 6) is 2.51. The molecule has 1 saturated heterocycles. The Kier molecular flexibility index (Phi) is 9.91. The number of methoxy groups -OCH3 is 1. The molecule has 11 heteroatoms. The zero-order chi connectivity index (χ0) is 20.8. The molecule has 1 aliphatic heterocycles. The number of aromatic nitrogens is 4. The van der Waals surface area contributed by atoms with Gasteiger partial charge in [0.1, 0.15) is 23.5 Å². The minimum atomic E-state index is 0. The van der Waals surface area contributed by atoms with Gasteiger partial charge in [0, 0.05) is 39.7 Å². The van der Waals surface area contributed by atoms with E-state index in [2.05, 4.69) is 25.8 Å². The van der Waals surface area contributed by atoms with Crippen LogP contribution in [0.5, 0.6) is 0 Å². The monoisotopic (exact) mass is 549 g/mol. The van der Waals surface area contributed by atoms with E-state index < -0.39 is 0 Å². The number of hydrogen-bond donors (Lipinski definition) is 1. The summed E-state index contributed by atoms with van der Waals surface area (Å²) < 4.78 is 13.1. The minimum absolute atomic E-state index is 0. The highest BCUT2D eigenvalue weighted by atomic mass is 127. The van der Waals surface area contributed by atoms with Crippen molar-refractivity contribution >= 4 is 41.3 Å². The van der Waals surface area contributed by atoms with Crippen LogP contribution >= 0.6 is 35.3 Å². The highest BCUT2D eigenvalue weighted by Gasteiger charge is 2.18. The summed E-state index contributed by atoms with van der Waals surface area (Å²) in [7, 11) is 5.67. The largest absolute Gasteiger partial charge is 0.376 e.